The van der Waals surface area contributed by atoms with Gasteiger partial charge < -0.3 is 5.32 Å². The third kappa shape index (κ3) is 4.73. The number of benzene rings is 2. The lowest BCUT2D eigenvalue weighted by Gasteiger charge is -2.06. The van der Waals surface area contributed by atoms with Crippen LogP contribution in [0.15, 0.2) is 46.9 Å². The zero-order chi connectivity index (χ0) is 13.7. The molecular formula is C15H14BrF2N. The summed E-state index contributed by atoms with van der Waals surface area (Å²) < 4.78 is 26.8. The maximum absolute atomic E-state index is 13.1. The highest BCUT2D eigenvalue weighted by Gasteiger charge is 1.99. The first-order valence-corrected chi connectivity index (χ1v) is 6.83. The highest BCUT2D eigenvalue weighted by Crippen LogP contribution is 2.14. The van der Waals surface area contributed by atoms with E-state index < -0.39 is 0 Å². The third-order valence-corrected chi connectivity index (χ3v) is 3.19. The molecule has 0 unspecified atom stereocenters. The smallest absolute Gasteiger partial charge is 0.124 e. The second-order valence-corrected chi connectivity index (χ2v) is 5.25. The summed E-state index contributed by atoms with van der Waals surface area (Å²) in [6, 6.07) is 11.4. The lowest BCUT2D eigenvalue weighted by molar-refractivity contribution is 0.616. The predicted molar refractivity (Wildman–Crippen MR) is 75.9 cm³/mol. The molecule has 0 fully saturated rings. The Labute approximate surface area is 119 Å². The Morgan fingerprint density at radius 2 is 1.74 bits per heavy atom. The molecule has 2 aromatic rings. The van der Waals surface area contributed by atoms with Gasteiger partial charge in [-0.25, -0.2) is 8.78 Å². The molecular weight excluding hydrogens is 312 g/mol. The average Bonchev–Trinajstić information content (AvgIpc) is 2.34. The van der Waals surface area contributed by atoms with Gasteiger partial charge in [0.05, 0.1) is 0 Å². The van der Waals surface area contributed by atoms with Gasteiger partial charge in [-0.2, -0.15) is 0 Å². The van der Waals surface area contributed by atoms with Crippen molar-refractivity contribution in [2.24, 2.45) is 0 Å². The topological polar surface area (TPSA) is 12.0 Å². The van der Waals surface area contributed by atoms with E-state index in [0.717, 1.165) is 28.6 Å². The van der Waals surface area contributed by atoms with E-state index in [1.807, 2.05) is 12.1 Å². The van der Waals surface area contributed by atoms with Crippen molar-refractivity contribution in [1.29, 1.82) is 0 Å². The van der Waals surface area contributed by atoms with Crippen molar-refractivity contribution in [3.05, 3.63) is 69.7 Å². The maximum Gasteiger partial charge on any atom is 0.124 e. The fourth-order valence-electron chi connectivity index (χ4n) is 1.87. The van der Waals surface area contributed by atoms with Gasteiger partial charge in [0.15, 0.2) is 0 Å². The van der Waals surface area contributed by atoms with Crippen LogP contribution in [0.3, 0.4) is 0 Å². The third-order valence-electron chi connectivity index (χ3n) is 2.73. The van der Waals surface area contributed by atoms with E-state index in [2.05, 4.69) is 21.2 Å². The fourth-order valence-corrected chi connectivity index (χ4v) is 2.38. The van der Waals surface area contributed by atoms with Gasteiger partial charge in [0.2, 0.25) is 0 Å². The minimum Gasteiger partial charge on any atom is -0.312 e. The Bertz CT molecular complexity index is 537. The molecule has 0 bridgehead atoms. The summed E-state index contributed by atoms with van der Waals surface area (Å²) in [6.45, 7) is 1.31. The monoisotopic (exact) mass is 325 g/mol. The Hall–Kier alpha value is -1.26. The van der Waals surface area contributed by atoms with E-state index >= 15 is 0 Å². The van der Waals surface area contributed by atoms with Crippen LogP contribution < -0.4 is 5.32 Å². The van der Waals surface area contributed by atoms with Gasteiger partial charge in [-0.1, -0.05) is 28.1 Å². The maximum atomic E-state index is 13.1. The second-order valence-electron chi connectivity index (χ2n) is 4.33. The van der Waals surface area contributed by atoms with Gasteiger partial charge in [-0.3, -0.25) is 0 Å². The van der Waals surface area contributed by atoms with E-state index in [-0.39, 0.29) is 11.6 Å². The van der Waals surface area contributed by atoms with Crippen molar-refractivity contribution in [2.75, 3.05) is 6.54 Å². The van der Waals surface area contributed by atoms with E-state index in [4.69, 9.17) is 0 Å². The molecule has 0 aliphatic carbocycles. The quantitative estimate of drug-likeness (QED) is 0.817. The molecule has 100 valence electrons. The molecule has 1 nitrogen and oxygen atoms in total. The first-order chi connectivity index (χ1) is 9.13. The van der Waals surface area contributed by atoms with Crippen LogP contribution in [0.4, 0.5) is 8.78 Å². The van der Waals surface area contributed by atoms with Crippen molar-refractivity contribution < 1.29 is 8.78 Å². The van der Waals surface area contributed by atoms with Crippen molar-refractivity contribution in [2.45, 2.75) is 13.0 Å². The Morgan fingerprint density at radius 3 is 2.47 bits per heavy atom. The molecule has 0 amide bonds. The summed E-state index contributed by atoms with van der Waals surface area (Å²) in [5.74, 6) is -0.470. The Morgan fingerprint density at radius 1 is 0.947 bits per heavy atom. The molecule has 0 saturated heterocycles. The van der Waals surface area contributed by atoms with Crippen LogP contribution in [0.25, 0.3) is 0 Å². The normalized spacial score (nSPS) is 10.7. The molecule has 1 N–H and O–H groups in total. The Kier molecular flexibility index (Phi) is 5.05. The number of hydrogen-bond acceptors (Lipinski definition) is 1. The van der Waals surface area contributed by atoms with Crippen LogP contribution in [0.5, 0.6) is 0 Å². The molecule has 19 heavy (non-hydrogen) atoms. The predicted octanol–water partition coefficient (Wildman–Crippen LogP) is 4.06. The van der Waals surface area contributed by atoms with E-state index in [1.165, 1.54) is 24.3 Å². The van der Waals surface area contributed by atoms with E-state index in [0.29, 0.717) is 6.54 Å². The van der Waals surface area contributed by atoms with E-state index in [9.17, 15) is 8.78 Å². The van der Waals surface area contributed by atoms with Crippen molar-refractivity contribution >= 4 is 15.9 Å². The standard InChI is InChI=1S/C15H14BrF2N/c16-13-6-12(8-15(18)9-13)10-19-5-4-11-2-1-3-14(17)7-11/h1-3,6-9,19H,4-5,10H2. The van der Waals surface area contributed by atoms with Crippen molar-refractivity contribution in [3.63, 3.8) is 0 Å². The van der Waals surface area contributed by atoms with Gasteiger partial charge in [0.1, 0.15) is 11.6 Å². The average molecular weight is 326 g/mol. The Balaban J connectivity index is 1.80. The molecule has 2 rings (SSSR count). The first kappa shape index (κ1) is 14.2. The van der Waals surface area contributed by atoms with Crippen molar-refractivity contribution in [1.82, 2.24) is 5.32 Å². The van der Waals surface area contributed by atoms with Gasteiger partial charge in [0, 0.05) is 11.0 Å². The second kappa shape index (κ2) is 6.78. The highest BCUT2D eigenvalue weighted by molar-refractivity contribution is 9.10. The van der Waals surface area contributed by atoms with E-state index in [1.54, 1.807) is 6.07 Å². The molecule has 0 aliphatic rings. The van der Waals surface area contributed by atoms with Crippen LogP contribution in [-0.4, -0.2) is 6.54 Å². The van der Waals surface area contributed by atoms with Gasteiger partial charge in [0.25, 0.3) is 0 Å². The summed E-state index contributed by atoms with van der Waals surface area (Å²) >= 11 is 3.26. The SMILES string of the molecule is Fc1cccc(CCNCc2cc(F)cc(Br)c2)c1. The number of nitrogens with one attached hydrogen (secondary N) is 1. The number of halogens is 3. The lowest BCUT2D eigenvalue weighted by atomic mass is 10.1. The minimum absolute atomic E-state index is 0.216. The van der Waals surface area contributed by atoms with Gasteiger partial charge in [-0.15, -0.1) is 0 Å². The van der Waals surface area contributed by atoms with Gasteiger partial charge in [-0.05, 0) is 54.4 Å². The molecule has 0 radical (unpaired) electrons. The van der Waals surface area contributed by atoms with Gasteiger partial charge >= 0.3 is 0 Å². The summed E-state index contributed by atoms with van der Waals surface area (Å²) in [4.78, 5) is 0. The summed E-state index contributed by atoms with van der Waals surface area (Å²) in [5, 5.41) is 3.21. The van der Waals surface area contributed by atoms with Crippen LogP contribution in [0, 0.1) is 11.6 Å². The molecule has 0 aromatic heterocycles. The van der Waals surface area contributed by atoms with Crippen LogP contribution in [0.2, 0.25) is 0 Å². The fraction of sp³-hybridized carbons (Fsp3) is 0.200. The number of hydrogen-bond donors (Lipinski definition) is 1. The lowest BCUT2D eigenvalue weighted by Crippen LogP contribution is -2.16. The molecule has 2 aromatic carbocycles. The zero-order valence-corrected chi connectivity index (χ0v) is 11.9. The molecule has 0 atom stereocenters. The summed E-state index contributed by atoms with van der Waals surface area (Å²) in [7, 11) is 0. The zero-order valence-electron chi connectivity index (χ0n) is 10.3. The first-order valence-electron chi connectivity index (χ1n) is 6.03. The highest BCUT2D eigenvalue weighted by atomic mass is 79.9. The van der Waals surface area contributed by atoms with Crippen LogP contribution in [0.1, 0.15) is 11.1 Å². The molecule has 0 aliphatic heterocycles. The molecule has 0 spiro atoms. The molecule has 4 heteroatoms. The van der Waals surface area contributed by atoms with Crippen LogP contribution >= 0.6 is 15.9 Å². The van der Waals surface area contributed by atoms with Crippen LogP contribution in [-0.2, 0) is 13.0 Å². The largest absolute Gasteiger partial charge is 0.312 e. The summed E-state index contributed by atoms with van der Waals surface area (Å²) in [5.41, 5.74) is 1.83. The molecule has 0 saturated carbocycles. The molecule has 0 heterocycles. The summed E-state index contributed by atoms with van der Waals surface area (Å²) in [6.07, 6.45) is 0.744. The minimum atomic E-state index is -0.253. The van der Waals surface area contributed by atoms with Crippen molar-refractivity contribution in [3.8, 4) is 0 Å². The number of rotatable bonds is 5.